The summed E-state index contributed by atoms with van der Waals surface area (Å²) >= 11 is 3.48. The van der Waals surface area contributed by atoms with E-state index >= 15 is 0 Å². The van der Waals surface area contributed by atoms with Gasteiger partial charge in [-0.25, -0.2) is 0 Å². The van der Waals surface area contributed by atoms with Crippen molar-refractivity contribution in [2.24, 2.45) is 0 Å². The van der Waals surface area contributed by atoms with Gasteiger partial charge in [0, 0.05) is 22.5 Å². The Morgan fingerprint density at radius 3 is 2.60 bits per heavy atom. The summed E-state index contributed by atoms with van der Waals surface area (Å²) in [4.78, 5) is 0. The van der Waals surface area contributed by atoms with Gasteiger partial charge in [-0.05, 0) is 12.5 Å². The fourth-order valence-corrected chi connectivity index (χ4v) is 1.95. The molecule has 15 heavy (non-hydrogen) atoms. The van der Waals surface area contributed by atoms with Crippen LogP contribution >= 0.6 is 15.9 Å². The molecule has 0 amide bonds. The van der Waals surface area contributed by atoms with Crippen LogP contribution in [0.2, 0.25) is 0 Å². The van der Waals surface area contributed by atoms with Crippen LogP contribution in [0.15, 0.2) is 16.6 Å². The molecule has 0 spiro atoms. The standard InChI is InChI=1S/C12H13BrO2/c1-4-5-6-10-11(13)7-9(14-2)8-12(10)15-3/h1,7-8H,5-6H2,2-3H3. The number of terminal acetylenes is 1. The summed E-state index contributed by atoms with van der Waals surface area (Å²) in [7, 11) is 3.27. The molecule has 0 atom stereocenters. The number of benzene rings is 1. The lowest BCUT2D eigenvalue weighted by Crippen LogP contribution is -1.95. The number of halogens is 1. The molecule has 2 nitrogen and oxygen atoms in total. The van der Waals surface area contributed by atoms with Crippen molar-refractivity contribution >= 4 is 15.9 Å². The SMILES string of the molecule is C#CCCc1c(Br)cc(OC)cc1OC. The van der Waals surface area contributed by atoms with E-state index in [2.05, 4.69) is 21.9 Å². The highest BCUT2D eigenvalue weighted by Gasteiger charge is 2.09. The van der Waals surface area contributed by atoms with Crippen LogP contribution < -0.4 is 9.47 Å². The minimum Gasteiger partial charge on any atom is -0.497 e. The van der Waals surface area contributed by atoms with Crippen molar-refractivity contribution in [1.29, 1.82) is 0 Å². The molecule has 0 aliphatic rings. The first kappa shape index (κ1) is 11.9. The lowest BCUT2D eigenvalue weighted by molar-refractivity contribution is 0.390. The summed E-state index contributed by atoms with van der Waals surface area (Å²) in [5.41, 5.74) is 1.08. The van der Waals surface area contributed by atoms with Gasteiger partial charge in [0.1, 0.15) is 11.5 Å². The summed E-state index contributed by atoms with van der Waals surface area (Å²) in [6.07, 6.45) is 6.73. The maximum absolute atomic E-state index is 5.29. The lowest BCUT2D eigenvalue weighted by atomic mass is 10.1. The van der Waals surface area contributed by atoms with Crippen LogP contribution in [0.4, 0.5) is 0 Å². The molecule has 0 radical (unpaired) electrons. The van der Waals surface area contributed by atoms with Gasteiger partial charge in [-0.2, -0.15) is 0 Å². The molecule has 0 saturated heterocycles. The van der Waals surface area contributed by atoms with E-state index < -0.39 is 0 Å². The second-order valence-corrected chi connectivity index (χ2v) is 3.85. The van der Waals surface area contributed by atoms with Gasteiger partial charge in [0.2, 0.25) is 0 Å². The highest BCUT2D eigenvalue weighted by atomic mass is 79.9. The van der Waals surface area contributed by atoms with Crippen molar-refractivity contribution < 1.29 is 9.47 Å². The smallest absolute Gasteiger partial charge is 0.126 e. The summed E-state index contributed by atoms with van der Waals surface area (Å²) in [5, 5.41) is 0. The molecule has 0 heterocycles. The molecule has 1 rings (SSSR count). The molecule has 80 valence electrons. The van der Waals surface area contributed by atoms with Crippen LogP contribution in [0.3, 0.4) is 0 Å². The zero-order valence-corrected chi connectivity index (χ0v) is 10.4. The number of hydrogen-bond donors (Lipinski definition) is 0. The second-order valence-electron chi connectivity index (χ2n) is 2.99. The van der Waals surface area contributed by atoms with Crippen molar-refractivity contribution in [3.8, 4) is 23.8 Å². The third kappa shape index (κ3) is 2.90. The third-order valence-electron chi connectivity index (χ3n) is 2.10. The topological polar surface area (TPSA) is 18.5 Å². The van der Waals surface area contributed by atoms with Crippen LogP contribution in [0.25, 0.3) is 0 Å². The highest BCUT2D eigenvalue weighted by molar-refractivity contribution is 9.10. The number of hydrogen-bond acceptors (Lipinski definition) is 2. The fourth-order valence-electron chi connectivity index (χ4n) is 1.33. The predicted octanol–water partition coefficient (Wildman–Crippen LogP) is 3.03. The number of rotatable bonds is 4. The molecule has 0 bridgehead atoms. The Kier molecular flexibility index (Phi) is 4.51. The van der Waals surface area contributed by atoms with Crippen molar-refractivity contribution in [3.63, 3.8) is 0 Å². The van der Waals surface area contributed by atoms with Gasteiger partial charge in [-0.15, -0.1) is 12.3 Å². The molecular weight excluding hydrogens is 256 g/mol. The first-order valence-corrected chi connectivity index (χ1v) is 5.36. The Bertz CT molecular complexity index is 380. The van der Waals surface area contributed by atoms with Gasteiger partial charge in [-0.1, -0.05) is 15.9 Å². The second kappa shape index (κ2) is 5.67. The summed E-state index contributed by atoms with van der Waals surface area (Å²) < 4.78 is 11.4. The van der Waals surface area contributed by atoms with E-state index in [1.807, 2.05) is 12.1 Å². The van der Waals surface area contributed by atoms with Crippen molar-refractivity contribution in [3.05, 3.63) is 22.2 Å². The molecule has 1 aromatic carbocycles. The highest BCUT2D eigenvalue weighted by Crippen LogP contribution is 2.33. The summed E-state index contributed by atoms with van der Waals surface area (Å²) in [6, 6.07) is 3.77. The molecular formula is C12H13BrO2. The minimum absolute atomic E-state index is 0.696. The largest absolute Gasteiger partial charge is 0.497 e. The maximum atomic E-state index is 5.29. The zero-order chi connectivity index (χ0) is 11.3. The predicted molar refractivity (Wildman–Crippen MR) is 64.4 cm³/mol. The first-order chi connectivity index (χ1) is 7.22. The molecule has 1 aromatic rings. The zero-order valence-electron chi connectivity index (χ0n) is 8.84. The minimum atomic E-state index is 0.696. The van der Waals surface area contributed by atoms with Crippen LogP contribution in [-0.2, 0) is 6.42 Å². The number of ether oxygens (including phenoxy) is 2. The van der Waals surface area contributed by atoms with Gasteiger partial charge in [-0.3, -0.25) is 0 Å². The van der Waals surface area contributed by atoms with Crippen LogP contribution in [0.5, 0.6) is 11.5 Å². The lowest BCUT2D eigenvalue weighted by Gasteiger charge is -2.11. The van der Waals surface area contributed by atoms with Gasteiger partial charge in [0.15, 0.2) is 0 Å². The van der Waals surface area contributed by atoms with Gasteiger partial charge in [0.05, 0.1) is 14.2 Å². The van der Waals surface area contributed by atoms with Crippen LogP contribution in [0, 0.1) is 12.3 Å². The molecule has 0 aromatic heterocycles. The Labute approximate surface area is 98.7 Å². The summed E-state index contributed by atoms with van der Waals surface area (Å²) in [6.45, 7) is 0. The van der Waals surface area contributed by atoms with Crippen molar-refractivity contribution in [2.75, 3.05) is 14.2 Å². The molecule has 0 saturated carbocycles. The molecule has 0 aliphatic heterocycles. The number of methoxy groups -OCH3 is 2. The van der Waals surface area contributed by atoms with E-state index in [0.29, 0.717) is 6.42 Å². The van der Waals surface area contributed by atoms with E-state index in [1.165, 1.54) is 0 Å². The molecule has 0 fully saturated rings. The molecule has 3 heteroatoms. The van der Waals surface area contributed by atoms with E-state index in [4.69, 9.17) is 15.9 Å². The average Bonchev–Trinajstić information content (AvgIpc) is 2.26. The normalized spacial score (nSPS) is 9.47. The Morgan fingerprint density at radius 1 is 1.33 bits per heavy atom. The Balaban J connectivity index is 3.08. The maximum Gasteiger partial charge on any atom is 0.126 e. The third-order valence-corrected chi connectivity index (χ3v) is 2.81. The molecule has 0 unspecified atom stereocenters. The fraction of sp³-hybridized carbons (Fsp3) is 0.333. The average molecular weight is 269 g/mol. The van der Waals surface area contributed by atoms with Crippen LogP contribution in [0.1, 0.15) is 12.0 Å². The van der Waals surface area contributed by atoms with Crippen molar-refractivity contribution in [2.45, 2.75) is 12.8 Å². The van der Waals surface area contributed by atoms with Gasteiger partial charge < -0.3 is 9.47 Å². The van der Waals surface area contributed by atoms with E-state index in [9.17, 15) is 0 Å². The van der Waals surface area contributed by atoms with Gasteiger partial charge >= 0.3 is 0 Å². The Morgan fingerprint density at radius 2 is 2.07 bits per heavy atom. The molecule has 0 aliphatic carbocycles. The van der Waals surface area contributed by atoms with Gasteiger partial charge in [0.25, 0.3) is 0 Å². The Hall–Kier alpha value is -1.14. The molecule has 0 N–H and O–H groups in total. The van der Waals surface area contributed by atoms with Crippen molar-refractivity contribution in [1.82, 2.24) is 0 Å². The van der Waals surface area contributed by atoms with E-state index in [1.54, 1.807) is 14.2 Å². The van der Waals surface area contributed by atoms with E-state index in [-0.39, 0.29) is 0 Å². The quantitative estimate of drug-likeness (QED) is 0.782. The monoisotopic (exact) mass is 268 g/mol. The first-order valence-electron chi connectivity index (χ1n) is 4.56. The van der Waals surface area contributed by atoms with Crippen LogP contribution in [-0.4, -0.2) is 14.2 Å². The van der Waals surface area contributed by atoms with E-state index in [0.717, 1.165) is 28.0 Å². The summed E-state index contributed by atoms with van der Waals surface area (Å²) in [5.74, 6) is 4.18.